The molecule has 0 aliphatic heterocycles. The zero-order valence-electron chi connectivity index (χ0n) is 9.71. The smallest absolute Gasteiger partial charge is 0.408 e. The molecule has 0 saturated heterocycles. The van der Waals surface area contributed by atoms with Crippen LogP contribution in [0.15, 0.2) is 0 Å². The van der Waals surface area contributed by atoms with Crippen LogP contribution in [0.3, 0.4) is 0 Å². The van der Waals surface area contributed by atoms with Gasteiger partial charge in [-0.05, 0) is 20.8 Å². The van der Waals surface area contributed by atoms with Crippen LogP contribution in [0.4, 0.5) is 4.79 Å². The summed E-state index contributed by atoms with van der Waals surface area (Å²) in [4.78, 5) is 22.5. The summed E-state index contributed by atoms with van der Waals surface area (Å²) < 4.78 is 9.49. The SMILES string of the molecule is COC(=O)NC(N)(C(C)=O)C(C)(C)OC. The third-order valence-electron chi connectivity index (χ3n) is 2.50. The summed E-state index contributed by atoms with van der Waals surface area (Å²) in [5.41, 5.74) is 3.17. The van der Waals surface area contributed by atoms with Crippen molar-refractivity contribution < 1.29 is 19.1 Å². The molecule has 15 heavy (non-hydrogen) atoms. The maximum atomic E-state index is 11.4. The normalized spacial score (nSPS) is 15.3. The van der Waals surface area contributed by atoms with Crippen LogP contribution >= 0.6 is 0 Å². The van der Waals surface area contributed by atoms with Gasteiger partial charge in [-0.1, -0.05) is 0 Å². The lowest BCUT2D eigenvalue weighted by Gasteiger charge is -2.40. The topological polar surface area (TPSA) is 90.6 Å². The Balaban J connectivity index is 5.07. The minimum Gasteiger partial charge on any atom is -0.453 e. The zero-order chi connectivity index (χ0) is 12.3. The number of carbonyl (C=O) groups excluding carboxylic acids is 2. The van der Waals surface area contributed by atoms with Crippen molar-refractivity contribution in [3.63, 3.8) is 0 Å². The monoisotopic (exact) mass is 218 g/mol. The van der Waals surface area contributed by atoms with E-state index in [0.717, 1.165) is 0 Å². The fraction of sp³-hybridized carbons (Fsp3) is 0.778. The van der Waals surface area contributed by atoms with Crippen molar-refractivity contribution in [3.8, 4) is 0 Å². The summed E-state index contributed by atoms with van der Waals surface area (Å²) >= 11 is 0. The summed E-state index contributed by atoms with van der Waals surface area (Å²) in [6, 6.07) is 0. The van der Waals surface area contributed by atoms with Crippen LogP contribution in [0.5, 0.6) is 0 Å². The Kier molecular flexibility index (Phi) is 4.24. The van der Waals surface area contributed by atoms with E-state index in [0.29, 0.717) is 0 Å². The van der Waals surface area contributed by atoms with E-state index in [1.54, 1.807) is 13.8 Å². The second kappa shape index (κ2) is 4.59. The maximum Gasteiger partial charge on any atom is 0.408 e. The second-order valence-corrected chi connectivity index (χ2v) is 3.70. The van der Waals surface area contributed by atoms with E-state index in [1.165, 1.54) is 21.1 Å². The Bertz CT molecular complexity index is 265. The van der Waals surface area contributed by atoms with Gasteiger partial charge in [-0.15, -0.1) is 0 Å². The van der Waals surface area contributed by atoms with Gasteiger partial charge < -0.3 is 9.47 Å². The number of methoxy groups -OCH3 is 2. The lowest BCUT2D eigenvalue weighted by Crippen LogP contribution is -2.72. The molecule has 0 aliphatic rings. The van der Waals surface area contributed by atoms with Crippen LogP contribution in [-0.4, -0.2) is 37.4 Å². The average Bonchev–Trinajstić information content (AvgIpc) is 2.16. The van der Waals surface area contributed by atoms with Gasteiger partial charge in [0.25, 0.3) is 0 Å². The van der Waals surface area contributed by atoms with Gasteiger partial charge in [0.2, 0.25) is 0 Å². The highest BCUT2D eigenvalue weighted by Crippen LogP contribution is 2.21. The van der Waals surface area contributed by atoms with Crippen molar-refractivity contribution in [1.29, 1.82) is 0 Å². The van der Waals surface area contributed by atoms with E-state index in [4.69, 9.17) is 10.5 Å². The van der Waals surface area contributed by atoms with Gasteiger partial charge in [-0.3, -0.25) is 15.8 Å². The molecule has 1 unspecified atom stereocenters. The highest BCUT2D eigenvalue weighted by atomic mass is 16.5. The lowest BCUT2D eigenvalue weighted by atomic mass is 9.88. The van der Waals surface area contributed by atoms with Gasteiger partial charge in [0.15, 0.2) is 11.4 Å². The van der Waals surface area contributed by atoms with E-state index in [1.807, 2.05) is 0 Å². The molecular formula is C9H18N2O4. The van der Waals surface area contributed by atoms with Gasteiger partial charge in [0, 0.05) is 7.11 Å². The quantitative estimate of drug-likeness (QED) is 0.649. The number of rotatable bonds is 4. The third-order valence-corrected chi connectivity index (χ3v) is 2.50. The van der Waals surface area contributed by atoms with Crippen LogP contribution in [0.1, 0.15) is 20.8 Å². The number of hydrogen-bond donors (Lipinski definition) is 2. The number of nitrogens with one attached hydrogen (secondary N) is 1. The highest BCUT2D eigenvalue weighted by molar-refractivity contribution is 5.90. The van der Waals surface area contributed by atoms with E-state index < -0.39 is 23.1 Å². The van der Waals surface area contributed by atoms with Gasteiger partial charge in [0.1, 0.15) is 5.60 Å². The highest BCUT2D eigenvalue weighted by Gasteiger charge is 2.48. The molecule has 1 atom stereocenters. The first-order chi connectivity index (χ1) is 6.71. The first-order valence-electron chi connectivity index (χ1n) is 4.42. The molecular weight excluding hydrogens is 200 g/mol. The molecule has 0 bridgehead atoms. The van der Waals surface area contributed by atoms with Crippen LogP contribution in [0.2, 0.25) is 0 Å². The van der Waals surface area contributed by atoms with Crippen LogP contribution < -0.4 is 11.1 Å². The van der Waals surface area contributed by atoms with Crippen molar-refractivity contribution in [2.24, 2.45) is 5.73 Å². The predicted molar refractivity (Wildman–Crippen MR) is 54.2 cm³/mol. The molecule has 0 rings (SSSR count). The van der Waals surface area contributed by atoms with Crippen molar-refractivity contribution in [2.75, 3.05) is 14.2 Å². The van der Waals surface area contributed by atoms with Crippen molar-refractivity contribution in [2.45, 2.75) is 32.0 Å². The number of alkyl carbamates (subject to hydrolysis) is 1. The summed E-state index contributed by atoms with van der Waals surface area (Å²) in [5.74, 6) is -0.417. The van der Waals surface area contributed by atoms with Gasteiger partial charge in [0.05, 0.1) is 7.11 Å². The van der Waals surface area contributed by atoms with Crippen molar-refractivity contribution in [3.05, 3.63) is 0 Å². The molecule has 0 aliphatic carbocycles. The number of ether oxygens (including phenoxy) is 2. The predicted octanol–water partition coefficient (Wildman–Crippen LogP) is 0.0114. The average molecular weight is 218 g/mol. The Morgan fingerprint density at radius 3 is 2.00 bits per heavy atom. The third kappa shape index (κ3) is 2.66. The summed E-state index contributed by atoms with van der Waals surface area (Å²) in [5, 5.41) is 2.28. The number of nitrogens with two attached hydrogens (primary N) is 1. The van der Waals surface area contributed by atoms with E-state index in [9.17, 15) is 9.59 Å². The van der Waals surface area contributed by atoms with Crippen molar-refractivity contribution in [1.82, 2.24) is 5.32 Å². The molecule has 6 nitrogen and oxygen atoms in total. The summed E-state index contributed by atoms with van der Waals surface area (Å²) in [7, 11) is 2.60. The standard InChI is InChI=1S/C9H18N2O4/c1-6(12)9(10,8(2,3)15-5)11-7(13)14-4/h10H2,1-5H3,(H,11,13). The Labute approximate surface area is 89.1 Å². The minimum absolute atomic E-state index is 0.417. The Hall–Kier alpha value is -1.14. The van der Waals surface area contributed by atoms with Gasteiger partial charge in [-0.2, -0.15) is 0 Å². The number of ketones is 1. The molecule has 0 spiro atoms. The minimum atomic E-state index is -1.62. The molecule has 0 aromatic heterocycles. The first kappa shape index (κ1) is 13.9. The van der Waals surface area contributed by atoms with E-state index in [-0.39, 0.29) is 0 Å². The molecule has 88 valence electrons. The second-order valence-electron chi connectivity index (χ2n) is 3.70. The molecule has 0 aromatic rings. The molecule has 3 N–H and O–H groups in total. The molecule has 1 amide bonds. The molecule has 0 fully saturated rings. The molecule has 0 heterocycles. The molecule has 6 heteroatoms. The van der Waals surface area contributed by atoms with E-state index >= 15 is 0 Å². The van der Waals surface area contributed by atoms with Crippen molar-refractivity contribution >= 4 is 11.9 Å². The zero-order valence-corrected chi connectivity index (χ0v) is 9.71. The Morgan fingerprint density at radius 1 is 1.27 bits per heavy atom. The largest absolute Gasteiger partial charge is 0.453 e. The van der Waals surface area contributed by atoms with Gasteiger partial charge in [-0.25, -0.2) is 4.79 Å². The number of carbonyl (C=O) groups is 2. The van der Waals surface area contributed by atoms with Crippen LogP contribution in [0.25, 0.3) is 0 Å². The first-order valence-corrected chi connectivity index (χ1v) is 4.42. The number of hydrogen-bond acceptors (Lipinski definition) is 5. The number of Topliss-reactive ketones (excluding diaryl/α,β-unsaturated/α-hetero) is 1. The lowest BCUT2D eigenvalue weighted by molar-refractivity contribution is -0.136. The number of amides is 1. The maximum absolute atomic E-state index is 11.4. The van der Waals surface area contributed by atoms with Gasteiger partial charge >= 0.3 is 6.09 Å². The fourth-order valence-electron chi connectivity index (χ4n) is 1.04. The van der Waals surface area contributed by atoms with E-state index in [2.05, 4.69) is 10.1 Å². The molecule has 0 saturated carbocycles. The summed E-state index contributed by atoms with van der Waals surface area (Å²) in [6.45, 7) is 4.48. The molecule has 0 aromatic carbocycles. The summed E-state index contributed by atoms with van der Waals surface area (Å²) in [6.07, 6.45) is -0.780. The van der Waals surface area contributed by atoms with Crippen LogP contribution in [0, 0.1) is 0 Å². The fourth-order valence-corrected chi connectivity index (χ4v) is 1.04. The van der Waals surface area contributed by atoms with Crippen LogP contribution in [-0.2, 0) is 14.3 Å². The Morgan fingerprint density at radius 2 is 1.73 bits per heavy atom. The molecule has 0 radical (unpaired) electrons.